The van der Waals surface area contributed by atoms with Crippen molar-refractivity contribution in [3.63, 3.8) is 0 Å². The highest BCUT2D eigenvalue weighted by atomic mass is 16.7. The fourth-order valence-electron chi connectivity index (χ4n) is 2.73. The van der Waals surface area contributed by atoms with Crippen molar-refractivity contribution >= 4 is 0 Å². The molecule has 1 aromatic rings. The van der Waals surface area contributed by atoms with Crippen LogP contribution in [0.1, 0.15) is 43.9 Å². The van der Waals surface area contributed by atoms with Gasteiger partial charge in [-0.05, 0) is 37.8 Å². The molecule has 0 aromatic heterocycles. The number of rotatable bonds is 8. The highest BCUT2D eigenvalue weighted by molar-refractivity contribution is 5.34. The fraction of sp³-hybridized carbons (Fsp3) is 0.625. The summed E-state index contributed by atoms with van der Waals surface area (Å²) in [6.45, 7) is 6.36. The van der Waals surface area contributed by atoms with E-state index in [0.29, 0.717) is 19.3 Å². The summed E-state index contributed by atoms with van der Waals surface area (Å²) in [5.41, 5.74) is 2.96. The second kappa shape index (κ2) is 7.63. The summed E-state index contributed by atoms with van der Waals surface area (Å²) in [5.74, 6) is 0. The maximum absolute atomic E-state index is 5.55. The molecule has 19 heavy (non-hydrogen) atoms. The Morgan fingerprint density at radius 2 is 1.95 bits per heavy atom. The van der Waals surface area contributed by atoms with Crippen LogP contribution in [0.15, 0.2) is 24.3 Å². The zero-order chi connectivity index (χ0) is 13.5. The van der Waals surface area contributed by atoms with E-state index in [9.17, 15) is 0 Å². The van der Waals surface area contributed by atoms with Gasteiger partial charge in [0.15, 0.2) is 6.29 Å². The molecule has 0 saturated carbocycles. The summed E-state index contributed by atoms with van der Waals surface area (Å²) in [4.78, 5) is 0. The number of benzene rings is 1. The van der Waals surface area contributed by atoms with E-state index < -0.39 is 0 Å². The Labute approximate surface area is 116 Å². The van der Waals surface area contributed by atoms with E-state index in [-0.39, 0.29) is 6.29 Å². The molecule has 0 heterocycles. The second-order valence-electron chi connectivity index (χ2n) is 4.87. The molecule has 1 unspecified atom stereocenters. The van der Waals surface area contributed by atoms with Gasteiger partial charge in [-0.25, -0.2) is 0 Å². The summed E-state index contributed by atoms with van der Waals surface area (Å²) < 4.78 is 11.1. The average Bonchev–Trinajstić information content (AvgIpc) is 2.83. The Bertz CT molecular complexity index is 375. The van der Waals surface area contributed by atoms with E-state index in [4.69, 9.17) is 9.47 Å². The number of nitrogens with one attached hydrogen (secondary N) is 1. The Balaban J connectivity index is 1.77. The highest BCUT2D eigenvalue weighted by Crippen LogP contribution is 2.30. The highest BCUT2D eigenvalue weighted by Gasteiger charge is 2.21. The third-order valence-corrected chi connectivity index (χ3v) is 3.61. The van der Waals surface area contributed by atoms with Gasteiger partial charge in [-0.3, -0.25) is 0 Å². The van der Waals surface area contributed by atoms with Crippen LogP contribution in [0.2, 0.25) is 0 Å². The van der Waals surface area contributed by atoms with Crippen LogP contribution >= 0.6 is 0 Å². The zero-order valence-electron chi connectivity index (χ0n) is 12.0. The molecule has 0 fully saturated rings. The summed E-state index contributed by atoms with van der Waals surface area (Å²) >= 11 is 0. The van der Waals surface area contributed by atoms with Crippen molar-refractivity contribution in [3.05, 3.63) is 35.4 Å². The number of ether oxygens (including phenoxy) is 2. The average molecular weight is 263 g/mol. The lowest BCUT2D eigenvalue weighted by Crippen LogP contribution is -2.27. The molecule has 0 aliphatic heterocycles. The molecule has 1 aliphatic carbocycles. The van der Waals surface area contributed by atoms with Crippen LogP contribution in [0, 0.1) is 0 Å². The maximum atomic E-state index is 5.55. The number of hydrogen-bond acceptors (Lipinski definition) is 3. The molecule has 106 valence electrons. The maximum Gasteiger partial charge on any atom is 0.158 e. The molecule has 1 N–H and O–H groups in total. The van der Waals surface area contributed by atoms with Gasteiger partial charge in [-0.1, -0.05) is 24.3 Å². The van der Waals surface area contributed by atoms with Gasteiger partial charge in [-0.2, -0.15) is 0 Å². The monoisotopic (exact) mass is 263 g/mol. The van der Waals surface area contributed by atoms with Crippen molar-refractivity contribution < 1.29 is 9.47 Å². The van der Waals surface area contributed by atoms with Gasteiger partial charge in [-0.15, -0.1) is 0 Å². The minimum atomic E-state index is -0.0702. The minimum absolute atomic E-state index is 0.0702. The molecule has 2 rings (SSSR count). The van der Waals surface area contributed by atoms with Crippen molar-refractivity contribution in [2.45, 2.75) is 45.4 Å². The fourth-order valence-corrected chi connectivity index (χ4v) is 2.73. The molecule has 1 atom stereocenters. The largest absolute Gasteiger partial charge is 0.353 e. The van der Waals surface area contributed by atoms with Crippen molar-refractivity contribution in [1.29, 1.82) is 0 Å². The smallest absolute Gasteiger partial charge is 0.158 e. The van der Waals surface area contributed by atoms with Gasteiger partial charge in [0.2, 0.25) is 0 Å². The van der Waals surface area contributed by atoms with Gasteiger partial charge in [0.05, 0.1) is 0 Å². The lowest BCUT2D eigenvalue weighted by atomic mass is 10.1. The standard InChI is InChI=1S/C16H25NO2/c1-3-18-16(19-4-2)11-12-17-15-10-9-13-7-5-6-8-14(13)15/h5-8,15-17H,3-4,9-12H2,1-2H3. The van der Waals surface area contributed by atoms with Gasteiger partial charge in [0.1, 0.15) is 0 Å². The number of fused-ring (bicyclic) bond motifs is 1. The Morgan fingerprint density at radius 1 is 1.21 bits per heavy atom. The summed E-state index contributed by atoms with van der Waals surface area (Å²) in [5, 5.41) is 3.63. The van der Waals surface area contributed by atoms with E-state index in [1.807, 2.05) is 13.8 Å². The van der Waals surface area contributed by atoms with E-state index in [1.165, 1.54) is 24.0 Å². The lowest BCUT2D eigenvalue weighted by Gasteiger charge is -2.19. The predicted octanol–water partition coefficient (Wildman–Crippen LogP) is 3.05. The lowest BCUT2D eigenvalue weighted by molar-refractivity contribution is -0.138. The first kappa shape index (κ1) is 14.5. The van der Waals surface area contributed by atoms with Gasteiger partial charge in [0, 0.05) is 32.2 Å². The SMILES string of the molecule is CCOC(CCNC1CCc2ccccc21)OCC. The molecule has 0 spiro atoms. The van der Waals surface area contributed by atoms with Crippen LogP contribution in [-0.4, -0.2) is 26.0 Å². The Kier molecular flexibility index (Phi) is 5.83. The number of hydrogen-bond donors (Lipinski definition) is 1. The van der Waals surface area contributed by atoms with Gasteiger partial charge < -0.3 is 14.8 Å². The summed E-state index contributed by atoms with van der Waals surface area (Å²) in [6, 6.07) is 9.23. The second-order valence-corrected chi connectivity index (χ2v) is 4.87. The van der Waals surface area contributed by atoms with Crippen LogP contribution in [0.25, 0.3) is 0 Å². The summed E-state index contributed by atoms with van der Waals surface area (Å²) in [7, 11) is 0. The van der Waals surface area contributed by atoms with Crippen molar-refractivity contribution in [1.82, 2.24) is 5.32 Å². The molecule has 0 radical (unpaired) electrons. The van der Waals surface area contributed by atoms with Crippen LogP contribution < -0.4 is 5.32 Å². The topological polar surface area (TPSA) is 30.5 Å². The third kappa shape index (κ3) is 4.03. The zero-order valence-corrected chi connectivity index (χ0v) is 12.0. The van der Waals surface area contributed by atoms with Crippen molar-refractivity contribution in [2.24, 2.45) is 0 Å². The number of aryl methyl sites for hydroxylation is 1. The molecule has 0 amide bonds. The van der Waals surface area contributed by atoms with E-state index in [0.717, 1.165) is 13.0 Å². The van der Waals surface area contributed by atoms with E-state index in [1.54, 1.807) is 0 Å². The van der Waals surface area contributed by atoms with Crippen LogP contribution in [0.3, 0.4) is 0 Å². The first-order valence-electron chi connectivity index (χ1n) is 7.39. The first-order valence-corrected chi connectivity index (χ1v) is 7.39. The van der Waals surface area contributed by atoms with E-state index in [2.05, 4.69) is 29.6 Å². The van der Waals surface area contributed by atoms with Gasteiger partial charge >= 0.3 is 0 Å². The van der Waals surface area contributed by atoms with E-state index >= 15 is 0 Å². The third-order valence-electron chi connectivity index (χ3n) is 3.61. The van der Waals surface area contributed by atoms with Crippen LogP contribution in [0.5, 0.6) is 0 Å². The normalized spacial score (nSPS) is 17.9. The van der Waals surface area contributed by atoms with Crippen molar-refractivity contribution in [3.8, 4) is 0 Å². The molecule has 1 aliphatic rings. The molecule has 3 heteroatoms. The molecule has 0 bridgehead atoms. The summed E-state index contributed by atoms with van der Waals surface area (Å²) in [6.07, 6.45) is 3.22. The quantitative estimate of drug-likeness (QED) is 0.731. The Morgan fingerprint density at radius 3 is 2.68 bits per heavy atom. The molecule has 0 saturated heterocycles. The first-order chi connectivity index (χ1) is 9.35. The minimum Gasteiger partial charge on any atom is -0.353 e. The predicted molar refractivity (Wildman–Crippen MR) is 77.2 cm³/mol. The molecule has 1 aromatic carbocycles. The van der Waals surface area contributed by atoms with Crippen molar-refractivity contribution in [2.75, 3.05) is 19.8 Å². The molecular formula is C16H25NO2. The molecular weight excluding hydrogens is 238 g/mol. The Hall–Kier alpha value is -0.900. The molecule has 3 nitrogen and oxygen atoms in total. The van der Waals surface area contributed by atoms with Gasteiger partial charge in [0.25, 0.3) is 0 Å². The van der Waals surface area contributed by atoms with Crippen LogP contribution in [-0.2, 0) is 15.9 Å². The van der Waals surface area contributed by atoms with Crippen LogP contribution in [0.4, 0.5) is 0 Å².